The third-order valence-electron chi connectivity index (χ3n) is 2.42. The molecule has 1 aromatic heterocycles. The lowest BCUT2D eigenvalue weighted by atomic mass is 10.2. The summed E-state index contributed by atoms with van der Waals surface area (Å²) in [5.74, 6) is 0.282. The number of rotatable bonds is 3. The van der Waals surface area contributed by atoms with Crippen LogP contribution in [0.1, 0.15) is 5.56 Å². The second kappa shape index (κ2) is 6.02. The first-order valence-electron chi connectivity index (χ1n) is 5.53. The van der Waals surface area contributed by atoms with E-state index >= 15 is 0 Å². The lowest BCUT2D eigenvalue weighted by molar-refractivity contribution is -0.115. The van der Waals surface area contributed by atoms with Crippen molar-refractivity contribution >= 4 is 29.0 Å². The number of hydrogen-bond acceptors (Lipinski definition) is 3. The van der Waals surface area contributed by atoms with E-state index in [4.69, 9.17) is 0 Å². The van der Waals surface area contributed by atoms with E-state index < -0.39 is 0 Å². The second-order valence-corrected chi connectivity index (χ2v) is 5.75. The van der Waals surface area contributed by atoms with Crippen molar-refractivity contribution in [1.82, 2.24) is 4.57 Å². The fourth-order valence-electron chi connectivity index (χ4n) is 1.43. The summed E-state index contributed by atoms with van der Waals surface area (Å²) in [6, 6.07) is 8.05. The number of carbonyl (C=O) groups is 1. The number of thioether (sulfide) groups is 1. The molecule has 0 aliphatic heterocycles. The Morgan fingerprint density at radius 3 is 2.89 bits per heavy atom. The van der Waals surface area contributed by atoms with E-state index in [9.17, 15) is 4.79 Å². The lowest BCUT2D eigenvalue weighted by Crippen LogP contribution is -2.13. The van der Waals surface area contributed by atoms with Gasteiger partial charge in [-0.15, -0.1) is 23.1 Å². The maximum Gasteiger partial charge on any atom is 0.258 e. The van der Waals surface area contributed by atoms with Crippen molar-refractivity contribution in [2.75, 3.05) is 5.75 Å². The van der Waals surface area contributed by atoms with Gasteiger partial charge in [-0.3, -0.25) is 4.79 Å². The number of amides is 1. The van der Waals surface area contributed by atoms with E-state index in [2.05, 4.69) is 4.99 Å². The molecule has 0 N–H and O–H groups in total. The molecule has 1 aromatic carbocycles. The van der Waals surface area contributed by atoms with Crippen LogP contribution in [0.15, 0.2) is 45.7 Å². The molecule has 2 rings (SSSR count). The van der Waals surface area contributed by atoms with E-state index in [1.54, 1.807) is 0 Å². The summed E-state index contributed by atoms with van der Waals surface area (Å²) in [6.45, 7) is 2.04. The standard InChI is InChI=1S/C13H14N2OS2/c1-10-5-3-4-6-11(10)18-9-12(16)14-13-15(2)7-8-17-13/h3-8H,9H2,1-2H3. The molecule has 5 heteroatoms. The number of thiazole rings is 1. The molecule has 0 bridgehead atoms. The first kappa shape index (κ1) is 13.1. The molecule has 0 fully saturated rings. The number of hydrogen-bond donors (Lipinski definition) is 0. The summed E-state index contributed by atoms with van der Waals surface area (Å²) in [4.78, 5) is 17.7. The summed E-state index contributed by atoms with van der Waals surface area (Å²) in [6.07, 6.45) is 1.89. The number of carbonyl (C=O) groups excluding carboxylic acids is 1. The van der Waals surface area contributed by atoms with Gasteiger partial charge in [0.05, 0.1) is 5.75 Å². The molecule has 0 aliphatic rings. The molecule has 94 valence electrons. The van der Waals surface area contributed by atoms with Gasteiger partial charge >= 0.3 is 0 Å². The van der Waals surface area contributed by atoms with Crippen LogP contribution in [-0.4, -0.2) is 16.2 Å². The van der Waals surface area contributed by atoms with Crippen molar-refractivity contribution in [3.05, 3.63) is 46.2 Å². The second-order valence-electron chi connectivity index (χ2n) is 3.86. The molecular formula is C13H14N2OS2. The molecule has 0 aliphatic carbocycles. The van der Waals surface area contributed by atoms with Crippen LogP contribution >= 0.6 is 23.1 Å². The monoisotopic (exact) mass is 278 g/mol. The maximum absolute atomic E-state index is 11.8. The highest BCUT2D eigenvalue weighted by Gasteiger charge is 2.03. The van der Waals surface area contributed by atoms with Crippen LogP contribution in [0.5, 0.6) is 0 Å². The average molecular weight is 278 g/mol. The Kier molecular flexibility index (Phi) is 4.38. The van der Waals surface area contributed by atoms with Crippen LogP contribution in [0.2, 0.25) is 0 Å². The topological polar surface area (TPSA) is 34.4 Å². The summed E-state index contributed by atoms with van der Waals surface area (Å²) in [5.41, 5.74) is 1.19. The van der Waals surface area contributed by atoms with Gasteiger partial charge in [-0.2, -0.15) is 4.99 Å². The zero-order chi connectivity index (χ0) is 13.0. The van der Waals surface area contributed by atoms with Crippen LogP contribution < -0.4 is 4.80 Å². The molecule has 18 heavy (non-hydrogen) atoms. The first-order valence-corrected chi connectivity index (χ1v) is 7.39. The molecule has 1 amide bonds. The zero-order valence-electron chi connectivity index (χ0n) is 10.3. The normalized spacial score (nSPS) is 11.8. The largest absolute Gasteiger partial charge is 0.327 e. The highest BCUT2D eigenvalue weighted by Crippen LogP contribution is 2.21. The van der Waals surface area contributed by atoms with Gasteiger partial charge in [-0.25, -0.2) is 0 Å². The van der Waals surface area contributed by atoms with E-state index in [0.29, 0.717) is 5.75 Å². The van der Waals surface area contributed by atoms with Gasteiger partial charge in [-0.05, 0) is 18.6 Å². The summed E-state index contributed by atoms with van der Waals surface area (Å²) in [5, 5.41) is 1.92. The summed E-state index contributed by atoms with van der Waals surface area (Å²) < 4.78 is 1.85. The molecule has 0 spiro atoms. The molecular weight excluding hydrogens is 264 g/mol. The third kappa shape index (κ3) is 3.34. The minimum atomic E-state index is -0.0960. The molecule has 0 saturated heterocycles. The smallest absolute Gasteiger partial charge is 0.258 e. The molecule has 3 nitrogen and oxygen atoms in total. The SMILES string of the molecule is Cc1ccccc1SCC(=O)N=c1sccn1C. The highest BCUT2D eigenvalue weighted by molar-refractivity contribution is 8.00. The zero-order valence-corrected chi connectivity index (χ0v) is 11.9. The van der Waals surface area contributed by atoms with Crippen LogP contribution in [0.3, 0.4) is 0 Å². The predicted molar refractivity (Wildman–Crippen MR) is 75.8 cm³/mol. The van der Waals surface area contributed by atoms with Gasteiger partial charge in [0.2, 0.25) is 0 Å². The van der Waals surface area contributed by atoms with Crippen molar-refractivity contribution in [3.63, 3.8) is 0 Å². The number of benzene rings is 1. The van der Waals surface area contributed by atoms with Crippen molar-refractivity contribution in [1.29, 1.82) is 0 Å². The maximum atomic E-state index is 11.8. The van der Waals surface area contributed by atoms with Gasteiger partial charge in [0.15, 0.2) is 4.80 Å². The number of aromatic nitrogens is 1. The van der Waals surface area contributed by atoms with Crippen LogP contribution in [0, 0.1) is 6.92 Å². The quantitative estimate of drug-likeness (QED) is 0.809. The van der Waals surface area contributed by atoms with Crippen molar-refractivity contribution in [2.45, 2.75) is 11.8 Å². The van der Waals surface area contributed by atoms with Crippen molar-refractivity contribution in [3.8, 4) is 0 Å². The van der Waals surface area contributed by atoms with Crippen LogP contribution in [0.25, 0.3) is 0 Å². The number of nitrogens with zero attached hydrogens (tertiary/aromatic N) is 2. The lowest BCUT2D eigenvalue weighted by Gasteiger charge is -2.02. The predicted octanol–water partition coefficient (Wildman–Crippen LogP) is 2.61. The third-order valence-corrected chi connectivity index (χ3v) is 4.43. The van der Waals surface area contributed by atoms with Gasteiger partial charge in [0.25, 0.3) is 5.91 Å². The average Bonchev–Trinajstić information content (AvgIpc) is 2.74. The molecule has 2 aromatic rings. The Labute approximate surface area is 114 Å². The van der Waals surface area contributed by atoms with E-state index in [1.165, 1.54) is 28.7 Å². The van der Waals surface area contributed by atoms with Crippen LogP contribution in [-0.2, 0) is 11.8 Å². The minimum absolute atomic E-state index is 0.0960. The molecule has 0 radical (unpaired) electrons. The summed E-state index contributed by atoms with van der Waals surface area (Å²) >= 11 is 3.00. The van der Waals surface area contributed by atoms with E-state index in [-0.39, 0.29) is 5.91 Å². The molecule has 0 unspecified atom stereocenters. The Balaban J connectivity index is 2.02. The van der Waals surface area contributed by atoms with Crippen LogP contribution in [0.4, 0.5) is 0 Å². The summed E-state index contributed by atoms with van der Waals surface area (Å²) in [7, 11) is 1.89. The van der Waals surface area contributed by atoms with Gasteiger partial charge in [-0.1, -0.05) is 18.2 Å². The Hall–Kier alpha value is -1.33. The van der Waals surface area contributed by atoms with Crippen molar-refractivity contribution < 1.29 is 4.79 Å². The molecule has 1 heterocycles. The Morgan fingerprint density at radius 1 is 1.44 bits per heavy atom. The van der Waals surface area contributed by atoms with Gasteiger partial charge in [0.1, 0.15) is 0 Å². The number of aryl methyl sites for hydroxylation is 2. The molecule has 0 saturated carbocycles. The van der Waals surface area contributed by atoms with Gasteiger partial charge < -0.3 is 4.57 Å². The molecule has 0 atom stereocenters. The first-order chi connectivity index (χ1) is 8.66. The van der Waals surface area contributed by atoms with Gasteiger partial charge in [0, 0.05) is 23.5 Å². The highest BCUT2D eigenvalue weighted by atomic mass is 32.2. The Morgan fingerprint density at radius 2 is 2.22 bits per heavy atom. The fourth-order valence-corrected chi connectivity index (χ4v) is 2.99. The van der Waals surface area contributed by atoms with E-state index in [0.717, 1.165) is 9.70 Å². The Bertz CT molecular complexity index is 613. The fraction of sp³-hybridized carbons (Fsp3) is 0.231. The van der Waals surface area contributed by atoms with E-state index in [1.807, 2.05) is 54.4 Å². The van der Waals surface area contributed by atoms with Crippen molar-refractivity contribution in [2.24, 2.45) is 12.0 Å². The minimum Gasteiger partial charge on any atom is -0.327 e.